The predicted molar refractivity (Wildman–Crippen MR) is 84.8 cm³/mol. The molecule has 6 heteroatoms. The number of benzene rings is 1. The monoisotopic (exact) mass is 293 g/mol. The van der Waals surface area contributed by atoms with E-state index < -0.39 is 12.0 Å². The van der Waals surface area contributed by atoms with Crippen LogP contribution in [0.2, 0.25) is 0 Å². The van der Waals surface area contributed by atoms with Gasteiger partial charge in [0, 0.05) is 41.9 Å². The van der Waals surface area contributed by atoms with Crippen LogP contribution in [0.4, 0.5) is 0 Å². The minimum absolute atomic E-state index is 0. The van der Waals surface area contributed by atoms with Gasteiger partial charge in [-0.2, -0.15) is 0 Å². The van der Waals surface area contributed by atoms with E-state index in [2.05, 4.69) is 4.98 Å². The second-order valence-corrected chi connectivity index (χ2v) is 5.94. The largest absolute Gasteiger partial charge is 0.480 e. The minimum Gasteiger partial charge on any atom is -0.480 e. The van der Waals surface area contributed by atoms with Crippen LogP contribution >= 0.6 is 0 Å². The molecule has 1 aliphatic heterocycles. The zero-order valence-electron chi connectivity index (χ0n) is 13.1. The van der Waals surface area contributed by atoms with Crippen molar-refractivity contribution in [2.75, 3.05) is 0 Å². The van der Waals surface area contributed by atoms with Crippen molar-refractivity contribution >= 4 is 41.6 Å². The number of aliphatic carboxylic acids is 1. The maximum Gasteiger partial charge on any atom is 0.326 e. The standard InChI is InChI=1S/C16H18N2O3.Li/c1-9(2)7-13(16(20)21)18-8-11-10-5-3-4-6-12(10)17-14(11)15(18)19;/h3-6,9,13,17H,7-8H2,1-2H3,(H,20,21);/t13-;/m0./s1. The molecule has 3 rings (SSSR count). The number of carboxylic acids is 1. The molecule has 1 aromatic carbocycles. The zero-order valence-corrected chi connectivity index (χ0v) is 13.1. The number of aromatic amines is 1. The summed E-state index contributed by atoms with van der Waals surface area (Å²) in [5, 5.41) is 10.4. The number of nitrogens with zero attached hydrogens (tertiary/aromatic N) is 1. The third-order valence-corrected chi connectivity index (χ3v) is 3.97. The number of hydrogen-bond acceptors (Lipinski definition) is 2. The molecular weight excluding hydrogens is 275 g/mol. The first kappa shape index (κ1) is 16.7. The molecule has 1 amide bonds. The molecule has 0 bridgehead atoms. The predicted octanol–water partition coefficient (Wildman–Crippen LogP) is 2.24. The normalized spacial score (nSPS) is 15.0. The van der Waals surface area contributed by atoms with Gasteiger partial charge in [-0.1, -0.05) is 32.0 Å². The van der Waals surface area contributed by atoms with Crippen LogP contribution in [0.5, 0.6) is 0 Å². The van der Waals surface area contributed by atoms with Crippen LogP contribution in [-0.4, -0.2) is 51.8 Å². The molecule has 0 spiro atoms. The maximum atomic E-state index is 12.5. The van der Waals surface area contributed by atoms with E-state index in [1.54, 1.807) is 0 Å². The number of aromatic nitrogens is 1. The fraction of sp³-hybridized carbons (Fsp3) is 0.375. The number of carboxylic acid groups (broad SMARTS) is 1. The molecule has 2 heterocycles. The van der Waals surface area contributed by atoms with Crippen LogP contribution in [0.15, 0.2) is 24.3 Å². The fourth-order valence-electron chi connectivity index (χ4n) is 2.99. The number of hydrogen-bond donors (Lipinski definition) is 2. The molecule has 111 valence electrons. The van der Waals surface area contributed by atoms with Gasteiger partial charge < -0.3 is 15.0 Å². The Kier molecular flexibility index (Phi) is 4.69. The van der Waals surface area contributed by atoms with Gasteiger partial charge in [-0.15, -0.1) is 0 Å². The smallest absolute Gasteiger partial charge is 0.326 e. The van der Waals surface area contributed by atoms with E-state index in [-0.39, 0.29) is 30.7 Å². The van der Waals surface area contributed by atoms with E-state index in [1.165, 1.54) is 4.90 Å². The average molecular weight is 293 g/mol. The Morgan fingerprint density at radius 2 is 2.05 bits per heavy atom. The molecule has 1 aliphatic rings. The molecule has 0 saturated heterocycles. The summed E-state index contributed by atoms with van der Waals surface area (Å²) in [6.45, 7) is 4.29. The summed E-state index contributed by atoms with van der Waals surface area (Å²) in [5.74, 6) is -0.935. The van der Waals surface area contributed by atoms with Crippen LogP contribution < -0.4 is 0 Å². The fourth-order valence-corrected chi connectivity index (χ4v) is 2.99. The number of rotatable bonds is 4. The Bertz CT molecular complexity index is 723. The number of amides is 1. The molecule has 1 atom stereocenters. The second-order valence-electron chi connectivity index (χ2n) is 5.94. The molecule has 0 unspecified atom stereocenters. The van der Waals surface area contributed by atoms with Gasteiger partial charge in [-0.05, 0) is 18.4 Å². The van der Waals surface area contributed by atoms with Gasteiger partial charge in [0.05, 0.1) is 0 Å². The van der Waals surface area contributed by atoms with Crippen molar-refractivity contribution in [1.82, 2.24) is 9.88 Å². The molecule has 22 heavy (non-hydrogen) atoms. The number of carbonyl (C=O) groups is 2. The van der Waals surface area contributed by atoms with Crippen LogP contribution in [0.3, 0.4) is 0 Å². The first-order chi connectivity index (χ1) is 9.99. The Morgan fingerprint density at radius 3 is 2.68 bits per heavy atom. The molecule has 1 aromatic heterocycles. The van der Waals surface area contributed by atoms with Gasteiger partial charge in [0.15, 0.2) is 0 Å². The van der Waals surface area contributed by atoms with Crippen molar-refractivity contribution in [2.45, 2.75) is 32.9 Å². The summed E-state index contributed by atoms with van der Waals surface area (Å²) >= 11 is 0. The van der Waals surface area contributed by atoms with E-state index >= 15 is 0 Å². The number of para-hydroxylation sites is 1. The van der Waals surface area contributed by atoms with Crippen LogP contribution in [-0.2, 0) is 11.3 Å². The van der Waals surface area contributed by atoms with Crippen molar-refractivity contribution in [2.24, 2.45) is 5.92 Å². The van der Waals surface area contributed by atoms with Gasteiger partial charge in [-0.3, -0.25) is 4.79 Å². The van der Waals surface area contributed by atoms with Crippen molar-refractivity contribution in [3.05, 3.63) is 35.5 Å². The Labute approximate surface area is 140 Å². The van der Waals surface area contributed by atoms with Crippen LogP contribution in [0.1, 0.15) is 36.3 Å². The average Bonchev–Trinajstić information content (AvgIpc) is 2.94. The van der Waals surface area contributed by atoms with E-state index in [9.17, 15) is 14.7 Å². The van der Waals surface area contributed by atoms with E-state index in [0.29, 0.717) is 18.7 Å². The van der Waals surface area contributed by atoms with Gasteiger partial charge in [0.25, 0.3) is 5.91 Å². The van der Waals surface area contributed by atoms with Crippen molar-refractivity contribution < 1.29 is 14.7 Å². The van der Waals surface area contributed by atoms with E-state index in [1.807, 2.05) is 38.1 Å². The van der Waals surface area contributed by atoms with E-state index in [4.69, 9.17) is 0 Å². The van der Waals surface area contributed by atoms with Crippen molar-refractivity contribution in [1.29, 1.82) is 0 Å². The van der Waals surface area contributed by atoms with Gasteiger partial charge >= 0.3 is 5.97 Å². The molecule has 2 N–H and O–H groups in total. The van der Waals surface area contributed by atoms with Crippen molar-refractivity contribution in [3.63, 3.8) is 0 Å². The first-order valence-electron chi connectivity index (χ1n) is 7.12. The summed E-state index contributed by atoms with van der Waals surface area (Å²) in [6.07, 6.45) is 0.462. The Morgan fingerprint density at radius 1 is 1.36 bits per heavy atom. The SMILES string of the molecule is CC(C)C[C@@H](C(=O)O)N1Cc2c([nH]c3ccccc23)C1=O.[Li]. The Balaban J connectivity index is 0.00000176. The molecule has 5 nitrogen and oxygen atoms in total. The van der Waals surface area contributed by atoms with Crippen LogP contribution in [0.25, 0.3) is 10.9 Å². The molecule has 1 radical (unpaired) electrons. The summed E-state index contributed by atoms with van der Waals surface area (Å²) in [4.78, 5) is 28.6. The number of nitrogens with one attached hydrogen (secondary N) is 1. The minimum atomic E-state index is -0.938. The zero-order chi connectivity index (χ0) is 15.1. The summed E-state index contributed by atoms with van der Waals surface area (Å²) in [5.41, 5.74) is 2.36. The molecule has 2 aromatic rings. The third kappa shape index (κ3) is 2.67. The summed E-state index contributed by atoms with van der Waals surface area (Å²) < 4.78 is 0. The van der Waals surface area contributed by atoms with Crippen LogP contribution in [0, 0.1) is 5.92 Å². The number of carbonyl (C=O) groups excluding carboxylic acids is 1. The quantitative estimate of drug-likeness (QED) is 0.849. The van der Waals surface area contributed by atoms with Gasteiger partial charge in [0.2, 0.25) is 0 Å². The maximum absolute atomic E-state index is 12.5. The molecule has 0 aliphatic carbocycles. The molecule has 0 fully saturated rings. The van der Waals surface area contributed by atoms with Crippen molar-refractivity contribution in [3.8, 4) is 0 Å². The van der Waals surface area contributed by atoms with E-state index in [0.717, 1.165) is 16.5 Å². The number of fused-ring (bicyclic) bond motifs is 3. The molecular formula is C16H18LiN2O3. The second kappa shape index (κ2) is 6.19. The summed E-state index contributed by atoms with van der Waals surface area (Å²) in [6, 6.07) is 6.95. The Hall–Kier alpha value is -1.70. The van der Waals surface area contributed by atoms with Gasteiger partial charge in [-0.25, -0.2) is 4.79 Å². The molecule has 0 saturated carbocycles. The topological polar surface area (TPSA) is 73.4 Å². The summed E-state index contributed by atoms with van der Waals surface area (Å²) in [7, 11) is 0. The number of H-pyrrole nitrogens is 1. The first-order valence-corrected chi connectivity index (χ1v) is 7.12. The third-order valence-electron chi connectivity index (χ3n) is 3.97. The van der Waals surface area contributed by atoms with Gasteiger partial charge in [0.1, 0.15) is 11.7 Å².